The van der Waals surface area contributed by atoms with E-state index in [1.807, 2.05) is 13.0 Å². The number of halogens is 1. The van der Waals surface area contributed by atoms with Crippen LogP contribution < -0.4 is 5.32 Å². The van der Waals surface area contributed by atoms with Gasteiger partial charge in [0.05, 0.1) is 0 Å². The van der Waals surface area contributed by atoms with Crippen molar-refractivity contribution < 1.29 is 0 Å². The van der Waals surface area contributed by atoms with Crippen LogP contribution in [0.1, 0.15) is 26.0 Å². The fourth-order valence-corrected chi connectivity index (χ4v) is 1.98. The minimum Gasteiger partial charge on any atom is -0.340 e. The SMILES string of the molecule is CC(C)=C1C=CC(Nc2cc(C)nc(Cl)n2)=CC1. The normalized spacial score (nSPS) is 14.4. The van der Waals surface area contributed by atoms with Crippen molar-refractivity contribution in [3.8, 4) is 0 Å². The summed E-state index contributed by atoms with van der Waals surface area (Å²) in [6.45, 7) is 6.14. The lowest BCUT2D eigenvalue weighted by Gasteiger charge is -2.13. The molecule has 0 spiro atoms. The lowest BCUT2D eigenvalue weighted by molar-refractivity contribution is 1.09. The van der Waals surface area contributed by atoms with E-state index in [1.165, 1.54) is 11.1 Å². The van der Waals surface area contributed by atoms with Crippen LogP contribution in [0.2, 0.25) is 5.28 Å². The van der Waals surface area contributed by atoms with E-state index in [1.54, 1.807) is 0 Å². The third kappa shape index (κ3) is 3.20. The minimum atomic E-state index is 0.267. The zero-order valence-corrected chi connectivity index (χ0v) is 11.5. The number of anilines is 1. The maximum absolute atomic E-state index is 5.83. The highest BCUT2D eigenvalue weighted by Gasteiger charge is 2.05. The van der Waals surface area contributed by atoms with E-state index in [0.717, 1.165) is 23.6 Å². The number of hydrogen-bond acceptors (Lipinski definition) is 3. The van der Waals surface area contributed by atoms with Crippen molar-refractivity contribution in [2.75, 3.05) is 5.32 Å². The van der Waals surface area contributed by atoms with Gasteiger partial charge >= 0.3 is 0 Å². The molecule has 0 radical (unpaired) electrons. The summed E-state index contributed by atoms with van der Waals surface area (Å²) in [4.78, 5) is 8.17. The monoisotopic (exact) mass is 261 g/mol. The van der Waals surface area contributed by atoms with Crippen LogP contribution >= 0.6 is 11.6 Å². The Morgan fingerprint density at radius 2 is 2.06 bits per heavy atom. The summed E-state index contributed by atoms with van der Waals surface area (Å²) in [7, 11) is 0. The number of nitrogens with zero attached hydrogens (tertiary/aromatic N) is 2. The number of allylic oxidation sites excluding steroid dienone is 5. The highest BCUT2D eigenvalue weighted by molar-refractivity contribution is 6.28. The fourth-order valence-electron chi connectivity index (χ4n) is 1.75. The Morgan fingerprint density at radius 1 is 1.28 bits per heavy atom. The van der Waals surface area contributed by atoms with Crippen LogP contribution in [0.3, 0.4) is 0 Å². The maximum atomic E-state index is 5.83. The van der Waals surface area contributed by atoms with Crippen LogP contribution in [0.4, 0.5) is 5.82 Å². The van der Waals surface area contributed by atoms with Gasteiger partial charge in [0.2, 0.25) is 5.28 Å². The Labute approximate surface area is 112 Å². The molecule has 1 aromatic rings. The molecule has 94 valence electrons. The van der Waals surface area contributed by atoms with E-state index >= 15 is 0 Å². The number of hydrogen-bond donors (Lipinski definition) is 1. The van der Waals surface area contributed by atoms with Crippen molar-refractivity contribution >= 4 is 17.4 Å². The molecule has 0 fully saturated rings. The van der Waals surface area contributed by atoms with Gasteiger partial charge in [0.1, 0.15) is 5.82 Å². The second kappa shape index (κ2) is 5.36. The fraction of sp³-hybridized carbons (Fsp3) is 0.286. The third-order valence-corrected chi connectivity index (χ3v) is 2.92. The topological polar surface area (TPSA) is 37.8 Å². The Morgan fingerprint density at radius 3 is 2.61 bits per heavy atom. The molecule has 0 aliphatic heterocycles. The number of rotatable bonds is 2. The molecule has 1 aromatic heterocycles. The molecule has 0 unspecified atom stereocenters. The first-order valence-corrected chi connectivity index (χ1v) is 6.25. The van der Waals surface area contributed by atoms with Crippen LogP contribution in [0.25, 0.3) is 0 Å². The van der Waals surface area contributed by atoms with Crippen molar-refractivity contribution in [2.45, 2.75) is 27.2 Å². The van der Waals surface area contributed by atoms with Crippen molar-refractivity contribution in [1.82, 2.24) is 9.97 Å². The first kappa shape index (κ1) is 12.8. The molecule has 1 aliphatic carbocycles. The molecule has 1 heterocycles. The maximum Gasteiger partial charge on any atom is 0.224 e. The van der Waals surface area contributed by atoms with Crippen LogP contribution in [-0.2, 0) is 0 Å². The quantitative estimate of drug-likeness (QED) is 0.817. The van der Waals surface area contributed by atoms with E-state index in [2.05, 4.69) is 47.4 Å². The van der Waals surface area contributed by atoms with Crippen LogP contribution in [0.15, 0.2) is 41.1 Å². The molecule has 0 amide bonds. The van der Waals surface area contributed by atoms with Gasteiger partial charge in [-0.3, -0.25) is 0 Å². The molecule has 2 rings (SSSR count). The summed E-state index contributed by atoms with van der Waals surface area (Å²) in [5.41, 5.74) is 4.59. The van der Waals surface area contributed by atoms with Gasteiger partial charge in [-0.15, -0.1) is 0 Å². The van der Waals surface area contributed by atoms with Crippen LogP contribution in [0, 0.1) is 6.92 Å². The van der Waals surface area contributed by atoms with Gasteiger partial charge in [0, 0.05) is 17.5 Å². The standard InChI is InChI=1S/C14H16ClN3/c1-9(2)11-4-6-12(7-5-11)17-13-8-10(3)16-14(15)18-13/h4,6-8H,5H2,1-3H3,(H,16,17,18). The van der Waals surface area contributed by atoms with Gasteiger partial charge in [0.25, 0.3) is 0 Å². The minimum absolute atomic E-state index is 0.267. The van der Waals surface area contributed by atoms with Gasteiger partial charge in [-0.25, -0.2) is 9.97 Å². The summed E-state index contributed by atoms with van der Waals surface area (Å²) in [6, 6.07) is 1.87. The lowest BCUT2D eigenvalue weighted by Crippen LogP contribution is -2.03. The van der Waals surface area contributed by atoms with Crippen LogP contribution in [0.5, 0.6) is 0 Å². The second-order valence-electron chi connectivity index (χ2n) is 4.51. The first-order chi connectivity index (χ1) is 8.54. The highest BCUT2D eigenvalue weighted by atomic mass is 35.5. The number of nitrogens with one attached hydrogen (secondary N) is 1. The lowest BCUT2D eigenvalue weighted by atomic mass is 10.0. The Bertz CT molecular complexity index is 532. The molecule has 1 aliphatic rings. The molecule has 0 atom stereocenters. The molecule has 4 heteroatoms. The predicted molar refractivity (Wildman–Crippen MR) is 75.6 cm³/mol. The number of aromatic nitrogens is 2. The number of aryl methyl sites for hydroxylation is 1. The largest absolute Gasteiger partial charge is 0.340 e. The van der Waals surface area contributed by atoms with E-state index < -0.39 is 0 Å². The first-order valence-electron chi connectivity index (χ1n) is 5.87. The van der Waals surface area contributed by atoms with E-state index in [0.29, 0.717) is 0 Å². The summed E-state index contributed by atoms with van der Waals surface area (Å²) in [5, 5.41) is 3.50. The average molecular weight is 262 g/mol. The molecular formula is C14H16ClN3. The van der Waals surface area contributed by atoms with Gasteiger partial charge in [-0.2, -0.15) is 0 Å². The van der Waals surface area contributed by atoms with Gasteiger partial charge < -0.3 is 5.32 Å². The molecule has 18 heavy (non-hydrogen) atoms. The molecule has 1 N–H and O–H groups in total. The zero-order valence-electron chi connectivity index (χ0n) is 10.8. The Balaban J connectivity index is 2.12. The molecule has 3 nitrogen and oxygen atoms in total. The summed E-state index contributed by atoms with van der Waals surface area (Å²) < 4.78 is 0. The summed E-state index contributed by atoms with van der Waals surface area (Å²) in [5.74, 6) is 0.726. The van der Waals surface area contributed by atoms with Crippen molar-refractivity contribution in [1.29, 1.82) is 0 Å². The predicted octanol–water partition coefficient (Wildman–Crippen LogP) is 4.03. The second-order valence-corrected chi connectivity index (χ2v) is 4.85. The molecule has 0 aromatic carbocycles. The van der Waals surface area contributed by atoms with Gasteiger partial charge in [-0.05, 0) is 50.4 Å². The highest BCUT2D eigenvalue weighted by Crippen LogP contribution is 2.20. The Kier molecular flexibility index (Phi) is 3.82. The van der Waals surface area contributed by atoms with Gasteiger partial charge in [0.15, 0.2) is 0 Å². The van der Waals surface area contributed by atoms with E-state index in [-0.39, 0.29) is 5.28 Å². The van der Waals surface area contributed by atoms with Gasteiger partial charge in [-0.1, -0.05) is 17.7 Å². The molecule has 0 saturated heterocycles. The molecular weight excluding hydrogens is 246 g/mol. The zero-order chi connectivity index (χ0) is 13.1. The van der Waals surface area contributed by atoms with Crippen molar-refractivity contribution in [2.24, 2.45) is 0 Å². The van der Waals surface area contributed by atoms with Crippen molar-refractivity contribution in [3.63, 3.8) is 0 Å². The van der Waals surface area contributed by atoms with Crippen LogP contribution in [-0.4, -0.2) is 9.97 Å². The smallest absolute Gasteiger partial charge is 0.224 e. The molecule has 0 saturated carbocycles. The summed E-state index contributed by atoms with van der Waals surface area (Å²) >= 11 is 5.83. The Hall–Kier alpha value is -1.61. The molecule has 0 bridgehead atoms. The van der Waals surface area contributed by atoms with E-state index in [9.17, 15) is 0 Å². The summed E-state index contributed by atoms with van der Waals surface area (Å²) in [6.07, 6.45) is 7.27. The average Bonchev–Trinajstić information content (AvgIpc) is 2.28. The van der Waals surface area contributed by atoms with Crippen molar-refractivity contribution in [3.05, 3.63) is 52.1 Å². The van der Waals surface area contributed by atoms with E-state index in [4.69, 9.17) is 11.6 Å². The third-order valence-electron chi connectivity index (χ3n) is 2.75.